The molecular weight excluding hydrogens is 276 g/mol. The third-order valence-electron chi connectivity index (χ3n) is 5.01. The van der Waals surface area contributed by atoms with Gasteiger partial charge in [0.25, 0.3) is 0 Å². The SMILES string of the molecule is C[C@H](NCC1CCCN(C(=O)OC(C)(C)C)C1)C1CCCC1. The van der Waals surface area contributed by atoms with Gasteiger partial charge in [0.1, 0.15) is 5.60 Å². The van der Waals surface area contributed by atoms with Crippen molar-refractivity contribution in [1.82, 2.24) is 10.2 Å². The molecule has 1 N–H and O–H groups in total. The Kier molecular flexibility index (Phi) is 6.13. The molecule has 4 nitrogen and oxygen atoms in total. The van der Waals surface area contributed by atoms with Gasteiger partial charge in [-0.05, 0) is 71.8 Å². The van der Waals surface area contributed by atoms with Crippen LogP contribution < -0.4 is 5.32 Å². The van der Waals surface area contributed by atoms with Crippen molar-refractivity contribution >= 4 is 6.09 Å². The fourth-order valence-electron chi connectivity index (χ4n) is 3.70. The zero-order valence-corrected chi connectivity index (χ0v) is 14.9. The molecule has 0 aromatic heterocycles. The van der Waals surface area contributed by atoms with Crippen LogP contribution in [0.1, 0.15) is 66.2 Å². The lowest BCUT2D eigenvalue weighted by Crippen LogP contribution is -2.46. The first-order chi connectivity index (χ1) is 10.3. The molecule has 0 aromatic carbocycles. The topological polar surface area (TPSA) is 41.6 Å². The van der Waals surface area contributed by atoms with Gasteiger partial charge in [-0.1, -0.05) is 12.8 Å². The minimum atomic E-state index is -0.404. The number of amides is 1. The number of carbonyl (C=O) groups excluding carboxylic acids is 1. The highest BCUT2D eigenvalue weighted by Crippen LogP contribution is 2.28. The van der Waals surface area contributed by atoms with Crippen molar-refractivity contribution in [3.05, 3.63) is 0 Å². The largest absolute Gasteiger partial charge is 0.444 e. The van der Waals surface area contributed by atoms with E-state index in [0.717, 1.165) is 32.0 Å². The highest BCUT2D eigenvalue weighted by Gasteiger charge is 2.28. The van der Waals surface area contributed by atoms with E-state index in [0.29, 0.717) is 12.0 Å². The molecule has 0 bridgehead atoms. The molecule has 0 aromatic rings. The molecule has 1 aliphatic heterocycles. The highest BCUT2D eigenvalue weighted by molar-refractivity contribution is 5.68. The quantitative estimate of drug-likeness (QED) is 0.858. The lowest BCUT2D eigenvalue weighted by Gasteiger charge is -2.35. The molecule has 0 radical (unpaired) electrons. The van der Waals surface area contributed by atoms with Crippen molar-refractivity contribution in [1.29, 1.82) is 0 Å². The van der Waals surface area contributed by atoms with E-state index in [1.165, 1.54) is 32.1 Å². The maximum atomic E-state index is 12.2. The molecule has 22 heavy (non-hydrogen) atoms. The second kappa shape index (κ2) is 7.67. The number of likely N-dealkylation sites (tertiary alicyclic amines) is 1. The number of piperidine rings is 1. The van der Waals surface area contributed by atoms with Crippen molar-refractivity contribution in [2.24, 2.45) is 11.8 Å². The third-order valence-corrected chi connectivity index (χ3v) is 5.01. The summed E-state index contributed by atoms with van der Waals surface area (Å²) >= 11 is 0. The molecule has 1 unspecified atom stereocenters. The number of carbonyl (C=O) groups is 1. The van der Waals surface area contributed by atoms with Crippen LogP contribution in [0.25, 0.3) is 0 Å². The standard InChI is InChI=1S/C18H34N2O2/c1-14(16-9-5-6-10-16)19-12-15-8-7-11-20(13-15)17(21)22-18(2,3)4/h14-16,19H,5-13H2,1-4H3/t14-,15?/m0/s1. The molecule has 2 fully saturated rings. The van der Waals surface area contributed by atoms with E-state index in [1.54, 1.807) is 0 Å². The summed E-state index contributed by atoms with van der Waals surface area (Å²) < 4.78 is 5.50. The number of hydrogen-bond donors (Lipinski definition) is 1. The number of ether oxygens (including phenoxy) is 1. The zero-order valence-electron chi connectivity index (χ0n) is 14.9. The Hall–Kier alpha value is -0.770. The van der Waals surface area contributed by atoms with Crippen LogP contribution >= 0.6 is 0 Å². The van der Waals surface area contributed by atoms with Crippen LogP contribution in [0.15, 0.2) is 0 Å². The zero-order chi connectivity index (χ0) is 16.2. The molecule has 2 atom stereocenters. The molecule has 1 saturated heterocycles. The Labute approximate surface area is 136 Å². The van der Waals surface area contributed by atoms with E-state index < -0.39 is 5.60 Å². The molecule has 2 aliphatic rings. The Morgan fingerprint density at radius 2 is 1.91 bits per heavy atom. The summed E-state index contributed by atoms with van der Waals surface area (Å²) in [6.45, 7) is 10.8. The Bertz CT molecular complexity index is 359. The number of rotatable bonds is 4. The van der Waals surface area contributed by atoms with Gasteiger partial charge in [0.15, 0.2) is 0 Å². The maximum Gasteiger partial charge on any atom is 0.410 e. The van der Waals surface area contributed by atoms with Gasteiger partial charge in [0.2, 0.25) is 0 Å². The fraction of sp³-hybridized carbons (Fsp3) is 0.944. The molecule has 1 saturated carbocycles. The molecule has 4 heteroatoms. The van der Waals surface area contributed by atoms with E-state index in [2.05, 4.69) is 12.2 Å². The molecule has 128 valence electrons. The van der Waals surface area contributed by atoms with Crippen molar-refractivity contribution in [3.8, 4) is 0 Å². The van der Waals surface area contributed by atoms with Crippen LogP contribution in [0.3, 0.4) is 0 Å². The van der Waals surface area contributed by atoms with Crippen molar-refractivity contribution in [2.45, 2.75) is 77.9 Å². The summed E-state index contributed by atoms with van der Waals surface area (Å²) in [5.41, 5.74) is -0.404. The Morgan fingerprint density at radius 1 is 1.23 bits per heavy atom. The van der Waals surface area contributed by atoms with E-state index in [-0.39, 0.29) is 6.09 Å². The van der Waals surface area contributed by atoms with Gasteiger partial charge in [-0.3, -0.25) is 0 Å². The lowest BCUT2D eigenvalue weighted by molar-refractivity contribution is 0.0165. The predicted octanol–water partition coefficient (Wildman–Crippen LogP) is 3.80. The van der Waals surface area contributed by atoms with Gasteiger partial charge in [-0.15, -0.1) is 0 Å². The second-order valence-corrected chi connectivity index (χ2v) is 8.18. The molecule has 1 amide bonds. The molecule has 1 aliphatic carbocycles. The van der Waals surface area contributed by atoms with Gasteiger partial charge in [0.05, 0.1) is 0 Å². The maximum absolute atomic E-state index is 12.2. The first kappa shape index (κ1) is 17.6. The average Bonchev–Trinajstić information content (AvgIpc) is 2.97. The van der Waals surface area contributed by atoms with Crippen LogP contribution in [0, 0.1) is 11.8 Å². The van der Waals surface area contributed by atoms with Gasteiger partial charge < -0.3 is 15.0 Å². The smallest absolute Gasteiger partial charge is 0.410 e. The van der Waals surface area contributed by atoms with Crippen LogP contribution in [-0.4, -0.2) is 42.3 Å². The summed E-state index contributed by atoms with van der Waals surface area (Å²) in [4.78, 5) is 14.1. The van der Waals surface area contributed by atoms with Crippen LogP contribution in [0.5, 0.6) is 0 Å². The van der Waals surface area contributed by atoms with Gasteiger partial charge in [-0.25, -0.2) is 4.79 Å². The highest BCUT2D eigenvalue weighted by atomic mass is 16.6. The lowest BCUT2D eigenvalue weighted by atomic mass is 9.95. The minimum absolute atomic E-state index is 0.152. The summed E-state index contributed by atoms with van der Waals surface area (Å²) in [7, 11) is 0. The van der Waals surface area contributed by atoms with Crippen molar-refractivity contribution < 1.29 is 9.53 Å². The van der Waals surface area contributed by atoms with Crippen LogP contribution in [0.2, 0.25) is 0 Å². The molecule has 0 spiro atoms. The number of nitrogens with zero attached hydrogens (tertiary/aromatic N) is 1. The van der Waals surface area contributed by atoms with E-state index in [1.807, 2.05) is 25.7 Å². The van der Waals surface area contributed by atoms with Gasteiger partial charge in [0, 0.05) is 19.1 Å². The number of nitrogens with one attached hydrogen (secondary N) is 1. The summed E-state index contributed by atoms with van der Waals surface area (Å²) in [5, 5.41) is 3.72. The molecule has 1 heterocycles. The van der Waals surface area contributed by atoms with Crippen molar-refractivity contribution in [2.75, 3.05) is 19.6 Å². The van der Waals surface area contributed by atoms with E-state index >= 15 is 0 Å². The molecular formula is C18H34N2O2. The fourth-order valence-corrected chi connectivity index (χ4v) is 3.70. The Balaban J connectivity index is 1.74. The minimum Gasteiger partial charge on any atom is -0.444 e. The first-order valence-corrected chi connectivity index (χ1v) is 9.06. The summed E-state index contributed by atoms with van der Waals surface area (Å²) in [6, 6.07) is 0.611. The monoisotopic (exact) mass is 310 g/mol. The van der Waals surface area contributed by atoms with Crippen molar-refractivity contribution in [3.63, 3.8) is 0 Å². The van der Waals surface area contributed by atoms with Gasteiger partial charge >= 0.3 is 6.09 Å². The van der Waals surface area contributed by atoms with Gasteiger partial charge in [-0.2, -0.15) is 0 Å². The van der Waals surface area contributed by atoms with E-state index in [9.17, 15) is 4.79 Å². The summed E-state index contributed by atoms with van der Waals surface area (Å²) in [6.07, 6.45) is 7.69. The second-order valence-electron chi connectivity index (χ2n) is 8.18. The number of hydrogen-bond acceptors (Lipinski definition) is 3. The Morgan fingerprint density at radius 3 is 2.55 bits per heavy atom. The van der Waals surface area contributed by atoms with E-state index in [4.69, 9.17) is 4.74 Å². The average molecular weight is 310 g/mol. The normalized spacial score (nSPS) is 25.3. The van der Waals surface area contributed by atoms with Crippen LogP contribution in [-0.2, 0) is 4.74 Å². The first-order valence-electron chi connectivity index (χ1n) is 9.06. The molecule has 2 rings (SSSR count). The predicted molar refractivity (Wildman–Crippen MR) is 90.0 cm³/mol. The third kappa shape index (κ3) is 5.45. The summed E-state index contributed by atoms with van der Waals surface area (Å²) in [5.74, 6) is 1.41. The van der Waals surface area contributed by atoms with Crippen LogP contribution in [0.4, 0.5) is 4.79 Å².